The van der Waals surface area contributed by atoms with Crippen molar-refractivity contribution in [2.45, 2.75) is 61.2 Å². The molecule has 4 N–H and O–H groups in total. The number of hydrogen-bond acceptors (Lipinski definition) is 4. The van der Waals surface area contributed by atoms with Gasteiger partial charge in [-0.25, -0.2) is 4.39 Å². The van der Waals surface area contributed by atoms with E-state index in [0.717, 1.165) is 5.56 Å². The van der Waals surface area contributed by atoms with Crippen LogP contribution in [0.3, 0.4) is 0 Å². The van der Waals surface area contributed by atoms with Gasteiger partial charge in [0.2, 0.25) is 11.8 Å². The molecule has 2 amide bonds. The number of hydrogen-bond donors (Lipinski definition) is 4. The summed E-state index contributed by atoms with van der Waals surface area (Å²) in [5.41, 5.74) is 0.769. The van der Waals surface area contributed by atoms with Crippen LogP contribution in [-0.4, -0.2) is 35.1 Å². The normalized spacial score (nSPS) is 29.7. The Balaban J connectivity index is 1.54. The summed E-state index contributed by atoms with van der Waals surface area (Å²) in [5, 5.41) is 19.8. The molecule has 9 heteroatoms. The quantitative estimate of drug-likeness (QED) is 0.347. The third-order valence-electron chi connectivity index (χ3n) is 8.45. The highest BCUT2D eigenvalue weighted by atomic mass is 35.5. The van der Waals surface area contributed by atoms with E-state index in [1.165, 1.54) is 6.07 Å². The highest BCUT2D eigenvalue weighted by Crippen LogP contribution is 2.60. The van der Waals surface area contributed by atoms with Crippen LogP contribution in [0.2, 0.25) is 10.0 Å². The van der Waals surface area contributed by atoms with E-state index in [2.05, 4.69) is 16.0 Å². The number of nitrogens with one attached hydrogen (secondary N) is 3. The van der Waals surface area contributed by atoms with E-state index in [9.17, 15) is 14.7 Å². The second kappa shape index (κ2) is 10.2. The molecule has 1 spiro atoms. The average Bonchev–Trinajstić information content (AvgIpc) is 3.42. The molecule has 39 heavy (non-hydrogen) atoms. The lowest BCUT2D eigenvalue weighted by Gasteiger charge is -2.36. The number of amides is 2. The number of fused-ring (bicyclic) bond motifs is 2. The molecule has 2 fully saturated rings. The third kappa shape index (κ3) is 4.32. The molecule has 2 heterocycles. The van der Waals surface area contributed by atoms with Gasteiger partial charge in [-0.15, -0.1) is 0 Å². The van der Waals surface area contributed by atoms with Crippen LogP contribution in [-0.2, 0) is 15.0 Å². The molecule has 4 atom stereocenters. The molecule has 2 aliphatic heterocycles. The lowest BCUT2D eigenvalue weighted by atomic mass is 9.63. The number of aliphatic hydroxyl groups excluding tert-OH is 1. The Morgan fingerprint density at radius 3 is 2.49 bits per heavy atom. The van der Waals surface area contributed by atoms with Crippen LogP contribution >= 0.6 is 23.2 Å². The van der Waals surface area contributed by atoms with Crippen LogP contribution in [0, 0.1) is 5.82 Å². The monoisotopic (exact) mass is 567 g/mol. The van der Waals surface area contributed by atoms with Crippen molar-refractivity contribution in [3.8, 4) is 0 Å². The lowest BCUT2D eigenvalue weighted by molar-refractivity contribution is -0.124. The van der Waals surface area contributed by atoms with E-state index in [1.54, 1.807) is 30.3 Å². The first-order chi connectivity index (χ1) is 18.8. The molecule has 0 aromatic heterocycles. The molecule has 1 aliphatic carbocycles. The molecular formula is C30H28Cl2FN3O3. The van der Waals surface area contributed by atoms with Gasteiger partial charge in [0, 0.05) is 22.7 Å². The Morgan fingerprint density at radius 2 is 1.74 bits per heavy atom. The van der Waals surface area contributed by atoms with Crippen molar-refractivity contribution in [1.82, 2.24) is 10.6 Å². The van der Waals surface area contributed by atoms with Crippen LogP contribution < -0.4 is 16.0 Å². The van der Waals surface area contributed by atoms with Gasteiger partial charge in [-0.05, 0) is 60.6 Å². The van der Waals surface area contributed by atoms with Gasteiger partial charge in [-0.3, -0.25) is 14.9 Å². The van der Waals surface area contributed by atoms with Crippen LogP contribution in [0.15, 0.2) is 66.7 Å². The average molecular weight is 568 g/mol. The zero-order valence-corrected chi connectivity index (χ0v) is 22.5. The van der Waals surface area contributed by atoms with E-state index in [4.69, 9.17) is 23.2 Å². The van der Waals surface area contributed by atoms with Gasteiger partial charge in [-0.2, -0.15) is 0 Å². The number of anilines is 1. The molecule has 3 aromatic rings. The van der Waals surface area contributed by atoms with Gasteiger partial charge < -0.3 is 15.7 Å². The van der Waals surface area contributed by atoms with E-state index in [-0.39, 0.29) is 34.5 Å². The van der Waals surface area contributed by atoms with E-state index < -0.39 is 29.2 Å². The van der Waals surface area contributed by atoms with Gasteiger partial charge in [0.15, 0.2) is 0 Å². The number of benzene rings is 3. The Labute approximate surface area is 235 Å². The summed E-state index contributed by atoms with van der Waals surface area (Å²) in [6.07, 6.45) is 2.12. The van der Waals surface area contributed by atoms with Gasteiger partial charge in [0.25, 0.3) is 0 Å². The van der Waals surface area contributed by atoms with E-state index in [0.29, 0.717) is 42.0 Å². The molecule has 1 saturated carbocycles. The third-order valence-corrected chi connectivity index (χ3v) is 8.98. The molecule has 3 aromatic carbocycles. The molecule has 202 valence electrons. The Hall–Kier alpha value is -2.97. The fraction of sp³-hybridized carbons (Fsp3) is 0.333. The highest BCUT2D eigenvalue weighted by Gasteiger charge is 2.66. The number of halogens is 3. The summed E-state index contributed by atoms with van der Waals surface area (Å²) in [5.74, 6) is -2.26. The Morgan fingerprint density at radius 1 is 1.00 bits per heavy atom. The predicted molar refractivity (Wildman–Crippen MR) is 148 cm³/mol. The van der Waals surface area contributed by atoms with Crippen molar-refractivity contribution in [3.63, 3.8) is 0 Å². The molecule has 1 saturated heterocycles. The Kier molecular flexibility index (Phi) is 6.88. The molecule has 6 rings (SSSR count). The summed E-state index contributed by atoms with van der Waals surface area (Å²) in [6, 6.07) is 17.5. The van der Waals surface area contributed by atoms with Crippen molar-refractivity contribution in [1.29, 1.82) is 0 Å². The summed E-state index contributed by atoms with van der Waals surface area (Å²) in [6.45, 7) is 0. The first-order valence-electron chi connectivity index (χ1n) is 13.2. The van der Waals surface area contributed by atoms with Gasteiger partial charge in [0.1, 0.15) is 11.2 Å². The maximum atomic E-state index is 15.9. The molecule has 4 unspecified atom stereocenters. The molecular weight excluding hydrogens is 540 g/mol. The van der Waals surface area contributed by atoms with Gasteiger partial charge in [0.05, 0.1) is 23.2 Å². The summed E-state index contributed by atoms with van der Waals surface area (Å²) < 4.78 is 15.9. The maximum absolute atomic E-state index is 15.9. The second-order valence-corrected chi connectivity index (χ2v) is 11.5. The zero-order chi connectivity index (χ0) is 27.3. The van der Waals surface area contributed by atoms with Crippen LogP contribution in [0.5, 0.6) is 0 Å². The minimum atomic E-state index is -1.38. The van der Waals surface area contributed by atoms with E-state index in [1.807, 2.05) is 30.3 Å². The zero-order valence-electron chi connectivity index (χ0n) is 21.0. The molecule has 6 nitrogen and oxygen atoms in total. The van der Waals surface area contributed by atoms with Crippen molar-refractivity contribution in [2.24, 2.45) is 0 Å². The van der Waals surface area contributed by atoms with Gasteiger partial charge in [-0.1, -0.05) is 71.7 Å². The minimum absolute atomic E-state index is 0.0824. The molecule has 0 radical (unpaired) electrons. The van der Waals surface area contributed by atoms with Crippen molar-refractivity contribution < 1.29 is 19.1 Å². The van der Waals surface area contributed by atoms with Crippen molar-refractivity contribution in [2.75, 3.05) is 5.32 Å². The fourth-order valence-corrected chi connectivity index (χ4v) is 7.06. The van der Waals surface area contributed by atoms with E-state index >= 15 is 4.39 Å². The van der Waals surface area contributed by atoms with Crippen LogP contribution in [0.25, 0.3) is 0 Å². The predicted octanol–water partition coefficient (Wildman–Crippen LogP) is 5.24. The summed E-state index contributed by atoms with van der Waals surface area (Å²) in [4.78, 5) is 28.2. The standard InChI is InChI=1S/C30H28Cl2FN3O3/c31-17-9-14-21-23(15-17)35-29(39)30(21)24(20-7-4-8-22(32)25(20)33)26(36-27(30)16-5-2-1-3-6-16)28(38)34-18-10-12-19(37)13-11-18/h1-9,14-15,18-19,24,26-27,36-37H,10-13H2,(H,34,38)(H,35,39). The fourth-order valence-electron chi connectivity index (χ4n) is 6.70. The van der Waals surface area contributed by atoms with Crippen molar-refractivity contribution in [3.05, 3.63) is 99.3 Å². The first-order valence-corrected chi connectivity index (χ1v) is 13.9. The lowest BCUT2D eigenvalue weighted by Crippen LogP contribution is -2.49. The summed E-state index contributed by atoms with van der Waals surface area (Å²) >= 11 is 12.5. The number of carbonyl (C=O) groups is 2. The SMILES string of the molecule is O=C(NC1CCC(O)CC1)C1NC(c2ccccc2)C2(C(=O)Nc3cc(Cl)ccc32)C1c1cccc(Cl)c1F. The van der Waals surface area contributed by atoms with Gasteiger partial charge >= 0.3 is 0 Å². The Bertz CT molecular complexity index is 1430. The second-order valence-electron chi connectivity index (χ2n) is 10.6. The van der Waals surface area contributed by atoms with Crippen molar-refractivity contribution >= 4 is 40.7 Å². The first kappa shape index (κ1) is 26.3. The number of aliphatic hydroxyl groups is 1. The largest absolute Gasteiger partial charge is 0.393 e. The molecule has 0 bridgehead atoms. The van der Waals surface area contributed by atoms with Crippen LogP contribution in [0.1, 0.15) is 54.3 Å². The number of rotatable bonds is 4. The maximum Gasteiger partial charge on any atom is 0.238 e. The summed E-state index contributed by atoms with van der Waals surface area (Å²) in [7, 11) is 0. The van der Waals surface area contributed by atoms with Crippen LogP contribution in [0.4, 0.5) is 10.1 Å². The topological polar surface area (TPSA) is 90.5 Å². The smallest absolute Gasteiger partial charge is 0.238 e. The highest BCUT2D eigenvalue weighted by molar-refractivity contribution is 6.31. The minimum Gasteiger partial charge on any atom is -0.393 e. The number of carbonyl (C=O) groups excluding carboxylic acids is 2. The molecule has 3 aliphatic rings.